The molecule has 3 heterocycles. The van der Waals surface area contributed by atoms with Crippen LogP contribution in [0.3, 0.4) is 0 Å². The minimum atomic E-state index is -0.319. The Kier molecular flexibility index (Phi) is 10.1. The Balaban J connectivity index is 0.000000278. The predicted molar refractivity (Wildman–Crippen MR) is 147 cm³/mol. The van der Waals surface area contributed by atoms with Crippen molar-refractivity contribution in [3.05, 3.63) is 100 Å². The number of hydrogen-bond donors (Lipinski definition) is 3. The topological polar surface area (TPSA) is 136 Å². The lowest BCUT2D eigenvalue weighted by Crippen LogP contribution is -2.29. The van der Waals surface area contributed by atoms with Crippen molar-refractivity contribution in [2.75, 3.05) is 26.8 Å². The van der Waals surface area contributed by atoms with Gasteiger partial charge in [-0.25, -0.2) is 4.98 Å². The van der Waals surface area contributed by atoms with E-state index in [9.17, 15) is 19.2 Å². The SMILES string of the molecule is CNC(=O)c1cc(C(=O)NCCCC2OCCCO2)cc(Cc2ccccc2)n1.O=C1NC(=O)c2ccccc21. The molecule has 1 fully saturated rings. The molecule has 40 heavy (non-hydrogen) atoms. The summed E-state index contributed by atoms with van der Waals surface area (Å²) in [6, 6.07) is 19.8. The molecule has 2 aliphatic rings. The second-order valence-corrected chi connectivity index (χ2v) is 9.23. The monoisotopic (exact) mass is 544 g/mol. The maximum atomic E-state index is 12.6. The summed E-state index contributed by atoms with van der Waals surface area (Å²) in [5, 5.41) is 7.67. The van der Waals surface area contributed by atoms with E-state index in [1.807, 2.05) is 30.3 Å². The van der Waals surface area contributed by atoms with E-state index in [0.717, 1.165) is 38.0 Å². The van der Waals surface area contributed by atoms with Crippen molar-refractivity contribution in [1.29, 1.82) is 0 Å². The summed E-state index contributed by atoms with van der Waals surface area (Å²) in [5.41, 5.74) is 3.33. The number of nitrogens with one attached hydrogen (secondary N) is 3. The van der Waals surface area contributed by atoms with Crippen molar-refractivity contribution in [2.24, 2.45) is 0 Å². The number of pyridine rings is 1. The average Bonchev–Trinajstić information content (AvgIpc) is 3.29. The summed E-state index contributed by atoms with van der Waals surface area (Å²) in [7, 11) is 1.54. The van der Waals surface area contributed by atoms with Crippen LogP contribution in [0.5, 0.6) is 0 Å². The summed E-state index contributed by atoms with van der Waals surface area (Å²) in [6.45, 7) is 1.95. The Morgan fingerprint density at radius 3 is 2.23 bits per heavy atom. The highest BCUT2D eigenvalue weighted by molar-refractivity contribution is 6.21. The summed E-state index contributed by atoms with van der Waals surface area (Å²) < 4.78 is 11.0. The van der Waals surface area contributed by atoms with E-state index in [1.54, 1.807) is 37.4 Å². The van der Waals surface area contributed by atoms with Gasteiger partial charge in [-0.05, 0) is 42.7 Å². The van der Waals surface area contributed by atoms with Crippen LogP contribution in [0.1, 0.15) is 72.1 Å². The number of carbonyl (C=O) groups excluding carboxylic acids is 4. The highest BCUT2D eigenvalue weighted by Gasteiger charge is 2.25. The highest BCUT2D eigenvalue weighted by Crippen LogP contribution is 2.14. The van der Waals surface area contributed by atoms with Gasteiger partial charge in [0, 0.05) is 37.7 Å². The summed E-state index contributed by atoms with van der Waals surface area (Å²) in [6.07, 6.45) is 2.77. The van der Waals surface area contributed by atoms with Crippen LogP contribution in [0, 0.1) is 0 Å². The number of rotatable bonds is 8. The molecule has 0 atom stereocenters. The smallest absolute Gasteiger partial charge is 0.269 e. The van der Waals surface area contributed by atoms with Crippen molar-refractivity contribution in [3.8, 4) is 0 Å². The normalized spacial score (nSPS) is 14.4. The molecule has 2 aliphatic heterocycles. The lowest BCUT2D eigenvalue weighted by atomic mass is 10.1. The minimum Gasteiger partial charge on any atom is -0.354 e. The number of ether oxygens (including phenoxy) is 2. The van der Waals surface area contributed by atoms with Gasteiger partial charge in [0.25, 0.3) is 23.6 Å². The van der Waals surface area contributed by atoms with E-state index in [2.05, 4.69) is 20.9 Å². The van der Waals surface area contributed by atoms with Gasteiger partial charge in [0.05, 0.1) is 24.3 Å². The van der Waals surface area contributed by atoms with Crippen LogP contribution < -0.4 is 16.0 Å². The molecular weight excluding hydrogens is 512 g/mol. The molecule has 0 aliphatic carbocycles. The van der Waals surface area contributed by atoms with Crippen molar-refractivity contribution in [3.63, 3.8) is 0 Å². The average molecular weight is 545 g/mol. The molecule has 3 N–H and O–H groups in total. The number of nitrogens with zero attached hydrogens (tertiary/aromatic N) is 1. The van der Waals surface area contributed by atoms with Crippen molar-refractivity contribution in [1.82, 2.24) is 20.9 Å². The largest absolute Gasteiger partial charge is 0.354 e. The van der Waals surface area contributed by atoms with Crippen LogP contribution in [0.4, 0.5) is 0 Å². The number of fused-ring (bicyclic) bond motifs is 1. The summed E-state index contributed by atoms with van der Waals surface area (Å²) >= 11 is 0. The quantitative estimate of drug-likeness (QED) is 0.293. The fourth-order valence-corrected chi connectivity index (χ4v) is 4.25. The first kappa shape index (κ1) is 28.6. The van der Waals surface area contributed by atoms with Gasteiger partial charge in [-0.2, -0.15) is 0 Å². The Morgan fingerprint density at radius 1 is 0.925 bits per heavy atom. The van der Waals surface area contributed by atoms with E-state index in [1.165, 1.54) is 6.07 Å². The third-order valence-electron chi connectivity index (χ3n) is 6.27. The molecule has 4 amide bonds. The van der Waals surface area contributed by atoms with Gasteiger partial charge in [0.15, 0.2) is 6.29 Å². The van der Waals surface area contributed by atoms with Crippen molar-refractivity contribution >= 4 is 23.6 Å². The number of imide groups is 1. The van der Waals surface area contributed by atoms with Gasteiger partial charge < -0.3 is 20.1 Å². The Bertz CT molecular complexity index is 1320. The molecule has 3 aromatic rings. The molecule has 208 valence electrons. The molecule has 1 saturated heterocycles. The molecule has 0 radical (unpaired) electrons. The number of benzene rings is 2. The molecule has 10 heteroatoms. The number of carbonyl (C=O) groups is 4. The Morgan fingerprint density at radius 2 is 1.57 bits per heavy atom. The minimum absolute atomic E-state index is 0.182. The van der Waals surface area contributed by atoms with E-state index in [-0.39, 0.29) is 35.6 Å². The standard InChI is InChI=1S/C22H27N3O4.C8H5NO2/c1-23-22(27)19-15-17(14-18(25-19)13-16-7-3-2-4-8-16)21(26)24-10-5-9-20-28-11-6-12-29-20;10-7-5-3-1-2-4-6(5)8(11)9-7/h2-4,7-8,14-15,20H,5-6,9-13H2,1H3,(H,23,27)(H,24,26);1-4H,(H,9,10,11). The van der Waals surface area contributed by atoms with Gasteiger partial charge >= 0.3 is 0 Å². The maximum Gasteiger partial charge on any atom is 0.269 e. The highest BCUT2D eigenvalue weighted by atomic mass is 16.7. The van der Waals surface area contributed by atoms with E-state index >= 15 is 0 Å². The number of aromatic nitrogens is 1. The molecule has 0 unspecified atom stereocenters. The van der Waals surface area contributed by atoms with Crippen molar-refractivity contribution in [2.45, 2.75) is 32.0 Å². The fraction of sp³-hybridized carbons (Fsp3) is 0.300. The molecule has 2 aromatic carbocycles. The third-order valence-corrected chi connectivity index (χ3v) is 6.27. The van der Waals surface area contributed by atoms with Gasteiger partial charge in [0.2, 0.25) is 0 Å². The molecule has 0 spiro atoms. The summed E-state index contributed by atoms with van der Waals surface area (Å²) in [4.78, 5) is 51.0. The third kappa shape index (κ3) is 7.81. The molecule has 1 aromatic heterocycles. The second-order valence-electron chi connectivity index (χ2n) is 9.23. The molecule has 10 nitrogen and oxygen atoms in total. The number of amides is 4. The second kappa shape index (κ2) is 14.1. The van der Waals surface area contributed by atoms with E-state index < -0.39 is 0 Å². The van der Waals surface area contributed by atoms with Gasteiger partial charge in [-0.1, -0.05) is 42.5 Å². The summed E-state index contributed by atoms with van der Waals surface area (Å²) in [5.74, 6) is -1.14. The first-order valence-electron chi connectivity index (χ1n) is 13.2. The zero-order chi connectivity index (χ0) is 28.3. The van der Waals surface area contributed by atoms with Gasteiger partial charge in [-0.3, -0.25) is 24.5 Å². The van der Waals surface area contributed by atoms with Gasteiger partial charge in [-0.15, -0.1) is 0 Å². The van der Waals surface area contributed by atoms with Gasteiger partial charge in [0.1, 0.15) is 5.69 Å². The molecular formula is C30H32N4O6. The number of hydrogen-bond acceptors (Lipinski definition) is 7. The fourth-order valence-electron chi connectivity index (χ4n) is 4.25. The predicted octanol–water partition coefficient (Wildman–Crippen LogP) is 2.88. The zero-order valence-electron chi connectivity index (χ0n) is 22.3. The van der Waals surface area contributed by atoms with Crippen molar-refractivity contribution < 1.29 is 28.7 Å². The van der Waals surface area contributed by atoms with Crippen LogP contribution in [0.25, 0.3) is 0 Å². The lowest BCUT2D eigenvalue weighted by Gasteiger charge is -2.23. The molecule has 0 saturated carbocycles. The van der Waals surface area contributed by atoms with E-state index in [4.69, 9.17) is 9.47 Å². The zero-order valence-corrected chi connectivity index (χ0v) is 22.3. The van der Waals surface area contributed by atoms with Crippen LogP contribution >= 0.6 is 0 Å². The molecule has 0 bridgehead atoms. The first-order valence-corrected chi connectivity index (χ1v) is 13.2. The first-order chi connectivity index (χ1) is 19.4. The maximum absolute atomic E-state index is 12.6. The van der Waals surface area contributed by atoms with Crippen LogP contribution in [-0.2, 0) is 15.9 Å². The van der Waals surface area contributed by atoms with E-state index in [0.29, 0.717) is 35.3 Å². The lowest BCUT2D eigenvalue weighted by molar-refractivity contribution is -0.181. The Hall–Kier alpha value is -4.41. The van der Waals surface area contributed by atoms with Crippen LogP contribution in [-0.4, -0.2) is 61.7 Å². The van der Waals surface area contributed by atoms with Crippen LogP contribution in [0.2, 0.25) is 0 Å². The molecule has 5 rings (SSSR count). The van der Waals surface area contributed by atoms with Crippen LogP contribution in [0.15, 0.2) is 66.7 Å². The Labute approximate surface area is 232 Å².